The number of benzene rings is 1. The number of fused-ring (bicyclic) bond motifs is 1. The third-order valence-corrected chi connectivity index (χ3v) is 4.54. The molecule has 2 unspecified atom stereocenters. The normalized spacial score (nSPS) is 26.2. The number of likely N-dealkylation sites (tertiary alicyclic amines) is 1. The minimum atomic E-state index is 0.0525. The molecule has 1 aromatic carbocycles. The monoisotopic (exact) mass is 293 g/mol. The van der Waals surface area contributed by atoms with Crippen LogP contribution in [0.2, 0.25) is 5.02 Å². The third kappa shape index (κ3) is 3.32. The molecule has 0 aromatic heterocycles. The Morgan fingerprint density at radius 2 is 2.05 bits per heavy atom. The van der Waals surface area contributed by atoms with Gasteiger partial charge in [-0.3, -0.25) is 9.69 Å². The molecule has 1 amide bonds. The van der Waals surface area contributed by atoms with E-state index in [1.165, 1.54) is 6.42 Å². The largest absolute Gasteiger partial charge is 0.325 e. The number of rotatable bonds is 3. The first kappa shape index (κ1) is 13.9. The van der Waals surface area contributed by atoms with E-state index < -0.39 is 0 Å². The number of nitrogens with one attached hydrogen (secondary N) is 2. The molecule has 1 aromatic rings. The van der Waals surface area contributed by atoms with E-state index in [1.54, 1.807) is 12.1 Å². The molecule has 2 atom stereocenters. The van der Waals surface area contributed by atoms with Crippen LogP contribution in [0.4, 0.5) is 5.69 Å². The molecular formula is C15H20ClN3O. The van der Waals surface area contributed by atoms with Crippen molar-refractivity contribution in [2.24, 2.45) is 11.8 Å². The summed E-state index contributed by atoms with van der Waals surface area (Å²) in [6, 6.07) is 7.22. The van der Waals surface area contributed by atoms with Gasteiger partial charge in [0.25, 0.3) is 0 Å². The van der Waals surface area contributed by atoms with Crippen molar-refractivity contribution in [1.29, 1.82) is 0 Å². The maximum Gasteiger partial charge on any atom is 0.238 e. The van der Waals surface area contributed by atoms with Gasteiger partial charge in [-0.05, 0) is 62.2 Å². The van der Waals surface area contributed by atoms with Crippen molar-refractivity contribution in [1.82, 2.24) is 10.2 Å². The van der Waals surface area contributed by atoms with E-state index in [4.69, 9.17) is 11.6 Å². The number of carbonyl (C=O) groups excluding carboxylic acids is 1. The highest BCUT2D eigenvalue weighted by molar-refractivity contribution is 6.30. The van der Waals surface area contributed by atoms with Gasteiger partial charge < -0.3 is 10.6 Å². The minimum absolute atomic E-state index is 0.0525. The summed E-state index contributed by atoms with van der Waals surface area (Å²) in [6.07, 6.45) is 1.20. The van der Waals surface area contributed by atoms with Gasteiger partial charge in [-0.2, -0.15) is 0 Å². The average molecular weight is 294 g/mol. The number of anilines is 1. The first-order valence-corrected chi connectivity index (χ1v) is 7.57. The fraction of sp³-hybridized carbons (Fsp3) is 0.533. The zero-order valence-corrected chi connectivity index (χ0v) is 12.2. The predicted molar refractivity (Wildman–Crippen MR) is 81.0 cm³/mol. The van der Waals surface area contributed by atoms with Gasteiger partial charge in [-0.15, -0.1) is 0 Å². The van der Waals surface area contributed by atoms with Gasteiger partial charge in [-0.1, -0.05) is 11.6 Å². The van der Waals surface area contributed by atoms with Crippen LogP contribution in [0.15, 0.2) is 24.3 Å². The fourth-order valence-corrected chi connectivity index (χ4v) is 3.32. The summed E-state index contributed by atoms with van der Waals surface area (Å²) >= 11 is 5.83. The van der Waals surface area contributed by atoms with E-state index in [0.29, 0.717) is 17.5 Å². The van der Waals surface area contributed by atoms with E-state index in [0.717, 1.165) is 37.8 Å². The molecule has 5 heteroatoms. The second-order valence-corrected chi connectivity index (χ2v) is 6.19. The van der Waals surface area contributed by atoms with Gasteiger partial charge in [0.15, 0.2) is 0 Å². The Kier molecular flexibility index (Phi) is 4.24. The molecule has 108 valence electrons. The summed E-state index contributed by atoms with van der Waals surface area (Å²) in [5.74, 6) is 1.58. The molecule has 0 aliphatic carbocycles. The van der Waals surface area contributed by atoms with E-state index in [9.17, 15) is 4.79 Å². The van der Waals surface area contributed by atoms with Crippen molar-refractivity contribution in [2.45, 2.75) is 6.42 Å². The highest BCUT2D eigenvalue weighted by atomic mass is 35.5. The van der Waals surface area contributed by atoms with Gasteiger partial charge >= 0.3 is 0 Å². The van der Waals surface area contributed by atoms with Crippen molar-refractivity contribution in [3.8, 4) is 0 Å². The van der Waals surface area contributed by atoms with E-state index in [1.807, 2.05) is 12.1 Å². The van der Waals surface area contributed by atoms with Gasteiger partial charge in [-0.25, -0.2) is 0 Å². The molecule has 0 bridgehead atoms. The fourth-order valence-electron chi connectivity index (χ4n) is 3.19. The third-order valence-electron chi connectivity index (χ3n) is 4.28. The average Bonchev–Trinajstić information content (AvgIpc) is 2.89. The van der Waals surface area contributed by atoms with Crippen molar-refractivity contribution >= 4 is 23.2 Å². The Bertz CT molecular complexity index is 477. The first-order chi connectivity index (χ1) is 9.70. The first-order valence-electron chi connectivity index (χ1n) is 7.19. The van der Waals surface area contributed by atoms with Crippen LogP contribution in [0.3, 0.4) is 0 Å². The van der Waals surface area contributed by atoms with Crippen LogP contribution in [0.25, 0.3) is 0 Å². The van der Waals surface area contributed by atoms with E-state index >= 15 is 0 Å². The molecule has 3 rings (SSSR count). The van der Waals surface area contributed by atoms with Crippen LogP contribution in [-0.2, 0) is 4.79 Å². The summed E-state index contributed by atoms with van der Waals surface area (Å²) in [6.45, 7) is 4.78. The van der Waals surface area contributed by atoms with Crippen LogP contribution in [0.1, 0.15) is 6.42 Å². The lowest BCUT2D eigenvalue weighted by Gasteiger charge is -2.33. The maximum absolute atomic E-state index is 12.1. The second kappa shape index (κ2) is 6.12. The van der Waals surface area contributed by atoms with Crippen molar-refractivity contribution < 1.29 is 4.79 Å². The lowest BCUT2D eigenvalue weighted by molar-refractivity contribution is -0.117. The maximum atomic E-state index is 12.1. The molecule has 0 spiro atoms. The SMILES string of the molecule is O=C(CN1CCC2CNCC2C1)Nc1ccc(Cl)cc1. The van der Waals surface area contributed by atoms with Crippen LogP contribution in [-0.4, -0.2) is 43.5 Å². The molecule has 0 radical (unpaired) electrons. The number of nitrogens with zero attached hydrogens (tertiary/aromatic N) is 1. The Morgan fingerprint density at radius 1 is 1.30 bits per heavy atom. The molecule has 0 saturated carbocycles. The molecule has 2 N–H and O–H groups in total. The Morgan fingerprint density at radius 3 is 2.85 bits per heavy atom. The van der Waals surface area contributed by atoms with Gasteiger partial charge in [0.2, 0.25) is 5.91 Å². The standard InChI is InChI=1S/C15H20ClN3O/c16-13-1-3-14(4-2-13)18-15(20)10-19-6-5-11-7-17-8-12(11)9-19/h1-4,11-12,17H,5-10H2,(H,18,20). The number of hydrogen-bond donors (Lipinski definition) is 2. The summed E-state index contributed by atoms with van der Waals surface area (Å²) in [4.78, 5) is 14.3. The number of halogens is 1. The lowest BCUT2D eigenvalue weighted by Crippen LogP contribution is -2.43. The molecule has 2 fully saturated rings. The molecule has 2 aliphatic rings. The number of piperidine rings is 1. The van der Waals surface area contributed by atoms with Crippen LogP contribution in [0, 0.1) is 11.8 Å². The summed E-state index contributed by atoms with van der Waals surface area (Å²) < 4.78 is 0. The van der Waals surface area contributed by atoms with Crippen molar-refractivity contribution in [3.05, 3.63) is 29.3 Å². The minimum Gasteiger partial charge on any atom is -0.325 e. The summed E-state index contributed by atoms with van der Waals surface area (Å²) in [5.41, 5.74) is 0.803. The number of carbonyl (C=O) groups is 1. The zero-order valence-electron chi connectivity index (χ0n) is 11.4. The summed E-state index contributed by atoms with van der Waals surface area (Å²) in [7, 11) is 0. The zero-order chi connectivity index (χ0) is 13.9. The van der Waals surface area contributed by atoms with Crippen molar-refractivity contribution in [2.75, 3.05) is 38.0 Å². The smallest absolute Gasteiger partial charge is 0.238 e. The molecule has 2 saturated heterocycles. The predicted octanol–water partition coefficient (Wildman–Crippen LogP) is 1.82. The summed E-state index contributed by atoms with van der Waals surface area (Å²) in [5, 5.41) is 7.04. The van der Waals surface area contributed by atoms with Crippen LogP contribution < -0.4 is 10.6 Å². The molecule has 20 heavy (non-hydrogen) atoms. The van der Waals surface area contributed by atoms with Crippen LogP contribution in [0.5, 0.6) is 0 Å². The Hall–Kier alpha value is -1.10. The topological polar surface area (TPSA) is 44.4 Å². The van der Waals surface area contributed by atoms with Gasteiger partial charge in [0.1, 0.15) is 0 Å². The molecular weight excluding hydrogens is 274 g/mol. The molecule has 4 nitrogen and oxygen atoms in total. The lowest BCUT2D eigenvalue weighted by atomic mass is 9.89. The Balaban J connectivity index is 1.50. The highest BCUT2D eigenvalue weighted by Crippen LogP contribution is 2.26. The van der Waals surface area contributed by atoms with Crippen LogP contribution >= 0.6 is 11.6 Å². The molecule has 2 heterocycles. The Labute approximate surface area is 124 Å². The number of amides is 1. The highest BCUT2D eigenvalue weighted by Gasteiger charge is 2.33. The second-order valence-electron chi connectivity index (χ2n) is 5.76. The quantitative estimate of drug-likeness (QED) is 0.893. The van der Waals surface area contributed by atoms with Gasteiger partial charge in [0, 0.05) is 17.3 Å². The number of hydrogen-bond acceptors (Lipinski definition) is 3. The van der Waals surface area contributed by atoms with E-state index in [2.05, 4.69) is 15.5 Å². The van der Waals surface area contributed by atoms with Gasteiger partial charge in [0.05, 0.1) is 6.54 Å². The van der Waals surface area contributed by atoms with Crippen molar-refractivity contribution in [3.63, 3.8) is 0 Å². The van der Waals surface area contributed by atoms with E-state index in [-0.39, 0.29) is 5.91 Å². The molecule has 2 aliphatic heterocycles.